The van der Waals surface area contributed by atoms with Gasteiger partial charge in [-0.3, -0.25) is 4.79 Å². The second kappa shape index (κ2) is 11.2. The normalized spacial score (nSPS) is 12.4. The first-order valence-corrected chi connectivity index (χ1v) is 11.9. The number of carbonyl (C=O) groups is 1. The molecule has 2 aromatic carbocycles. The summed E-state index contributed by atoms with van der Waals surface area (Å²) in [5.74, 6) is -0.0939. The number of aryl methyl sites for hydroxylation is 1. The van der Waals surface area contributed by atoms with E-state index in [1.54, 1.807) is 0 Å². The van der Waals surface area contributed by atoms with E-state index in [0.717, 1.165) is 17.7 Å². The van der Waals surface area contributed by atoms with Crippen LogP contribution < -0.4 is 14.8 Å². The average molecular weight is 441 g/mol. The predicted molar refractivity (Wildman–Crippen MR) is 113 cm³/mol. The van der Waals surface area contributed by atoms with E-state index in [-0.39, 0.29) is 19.6 Å². The fraction of sp³-hybridized carbons (Fsp3) is 0.350. The number of halogens is 1. The molecule has 2 rings (SSSR count). The fourth-order valence-corrected chi connectivity index (χ4v) is 4.27. The van der Waals surface area contributed by atoms with Gasteiger partial charge in [0.2, 0.25) is 15.9 Å². The van der Waals surface area contributed by atoms with Crippen LogP contribution in [0, 0.1) is 12.7 Å². The minimum atomic E-state index is -4.17. The molecule has 29 heavy (non-hydrogen) atoms. The second-order valence-corrected chi connectivity index (χ2v) is 9.01. The van der Waals surface area contributed by atoms with Gasteiger partial charge in [-0.05, 0) is 49.6 Å². The van der Waals surface area contributed by atoms with Crippen molar-refractivity contribution in [1.82, 2.24) is 10.0 Å². The molecular formula is C20H25FN2O4S2. The van der Waals surface area contributed by atoms with Crippen LogP contribution in [0.15, 0.2) is 53.4 Å². The van der Waals surface area contributed by atoms with Crippen LogP contribution in [0.2, 0.25) is 0 Å². The number of hydrogen-bond donors (Lipinski definition) is 2. The Bertz CT molecular complexity index is 905. The van der Waals surface area contributed by atoms with Crippen LogP contribution in [0.1, 0.15) is 12.0 Å². The predicted octanol–water partition coefficient (Wildman–Crippen LogP) is 2.73. The molecule has 0 fully saturated rings. The smallest absolute Gasteiger partial charge is 0.244 e. The van der Waals surface area contributed by atoms with Gasteiger partial charge in [0, 0.05) is 0 Å². The van der Waals surface area contributed by atoms with Crippen molar-refractivity contribution in [3.05, 3.63) is 59.9 Å². The number of amides is 1. The summed E-state index contributed by atoms with van der Waals surface area (Å²) in [6.07, 6.45) is 2.13. The standard InChI is InChI=1S/C20H25FN2O4S2/c1-15-7-9-16(10-8-15)27-13-12-22-20(24)18(11-14-28-2)23-29(25,26)19-6-4-3-5-17(19)21/h3-10,18,23H,11-14H2,1-2H3,(H,22,24). The highest BCUT2D eigenvalue weighted by Gasteiger charge is 2.27. The van der Waals surface area contributed by atoms with E-state index in [1.165, 1.54) is 23.9 Å². The lowest BCUT2D eigenvalue weighted by Gasteiger charge is -2.18. The Morgan fingerprint density at radius 2 is 1.86 bits per heavy atom. The Morgan fingerprint density at radius 1 is 1.17 bits per heavy atom. The summed E-state index contributed by atoms with van der Waals surface area (Å²) >= 11 is 1.49. The van der Waals surface area contributed by atoms with Crippen LogP contribution in [0.4, 0.5) is 4.39 Å². The Labute approximate surface area is 175 Å². The molecule has 0 aromatic heterocycles. The molecule has 0 spiro atoms. The fourth-order valence-electron chi connectivity index (χ4n) is 2.49. The Kier molecular flexibility index (Phi) is 8.94. The van der Waals surface area contributed by atoms with Gasteiger partial charge in [0.1, 0.15) is 29.1 Å². The Hall–Kier alpha value is -2.10. The van der Waals surface area contributed by atoms with E-state index in [1.807, 2.05) is 37.4 Å². The molecule has 1 atom stereocenters. The number of rotatable bonds is 11. The van der Waals surface area contributed by atoms with Gasteiger partial charge < -0.3 is 10.1 Å². The molecular weight excluding hydrogens is 415 g/mol. The maximum atomic E-state index is 13.9. The average Bonchev–Trinajstić information content (AvgIpc) is 2.69. The lowest BCUT2D eigenvalue weighted by atomic mass is 10.2. The van der Waals surface area contributed by atoms with Crippen molar-refractivity contribution in [2.24, 2.45) is 0 Å². The molecule has 2 aromatic rings. The van der Waals surface area contributed by atoms with Gasteiger partial charge >= 0.3 is 0 Å². The summed E-state index contributed by atoms with van der Waals surface area (Å²) in [4.78, 5) is 12.0. The number of sulfonamides is 1. The van der Waals surface area contributed by atoms with Crippen LogP contribution >= 0.6 is 11.8 Å². The number of hydrogen-bond acceptors (Lipinski definition) is 5. The van der Waals surface area contributed by atoms with Crippen molar-refractivity contribution in [2.45, 2.75) is 24.3 Å². The van der Waals surface area contributed by atoms with Crippen LogP contribution in [-0.4, -0.2) is 45.5 Å². The molecule has 0 radical (unpaired) electrons. The maximum absolute atomic E-state index is 13.9. The first-order chi connectivity index (χ1) is 13.8. The molecule has 1 amide bonds. The van der Waals surface area contributed by atoms with Crippen molar-refractivity contribution >= 4 is 27.7 Å². The summed E-state index contributed by atoms with van der Waals surface area (Å²) in [7, 11) is -4.17. The van der Waals surface area contributed by atoms with Gasteiger partial charge in [-0.1, -0.05) is 29.8 Å². The summed E-state index contributed by atoms with van der Waals surface area (Å²) in [5.41, 5.74) is 1.12. The molecule has 0 bridgehead atoms. The van der Waals surface area contributed by atoms with Crippen LogP contribution in [-0.2, 0) is 14.8 Å². The van der Waals surface area contributed by atoms with Crippen molar-refractivity contribution < 1.29 is 22.3 Å². The molecule has 9 heteroatoms. The van der Waals surface area contributed by atoms with Crippen LogP contribution in [0.25, 0.3) is 0 Å². The van der Waals surface area contributed by atoms with Crippen molar-refractivity contribution in [3.8, 4) is 5.75 Å². The first-order valence-electron chi connectivity index (χ1n) is 9.06. The quantitative estimate of drug-likeness (QED) is 0.525. The Morgan fingerprint density at radius 3 is 2.52 bits per heavy atom. The van der Waals surface area contributed by atoms with Gasteiger partial charge in [-0.2, -0.15) is 16.5 Å². The van der Waals surface area contributed by atoms with E-state index in [9.17, 15) is 17.6 Å². The third kappa shape index (κ3) is 7.34. The molecule has 6 nitrogen and oxygen atoms in total. The topological polar surface area (TPSA) is 84.5 Å². The summed E-state index contributed by atoms with van der Waals surface area (Å²) < 4.78 is 46.8. The van der Waals surface area contributed by atoms with E-state index in [0.29, 0.717) is 11.5 Å². The lowest BCUT2D eigenvalue weighted by molar-refractivity contribution is -0.122. The van der Waals surface area contributed by atoms with Gasteiger partial charge in [0.15, 0.2) is 0 Å². The molecule has 0 saturated carbocycles. The lowest BCUT2D eigenvalue weighted by Crippen LogP contribution is -2.47. The molecule has 0 saturated heterocycles. The minimum absolute atomic E-state index is 0.212. The van der Waals surface area contributed by atoms with Gasteiger partial charge in [-0.25, -0.2) is 12.8 Å². The number of thioether (sulfide) groups is 1. The first kappa shape index (κ1) is 23.2. The van der Waals surface area contributed by atoms with Gasteiger partial charge in [-0.15, -0.1) is 0 Å². The zero-order chi connectivity index (χ0) is 21.3. The number of nitrogens with one attached hydrogen (secondary N) is 2. The van der Waals surface area contributed by atoms with Crippen LogP contribution in [0.3, 0.4) is 0 Å². The second-order valence-electron chi connectivity index (χ2n) is 6.34. The highest BCUT2D eigenvalue weighted by molar-refractivity contribution is 7.98. The molecule has 0 heterocycles. The SMILES string of the molecule is CSCCC(NS(=O)(=O)c1ccccc1F)C(=O)NCCOc1ccc(C)cc1. The molecule has 0 aliphatic carbocycles. The van der Waals surface area contributed by atoms with E-state index in [4.69, 9.17) is 4.74 Å². The molecule has 158 valence electrons. The molecule has 0 aliphatic rings. The third-order valence-electron chi connectivity index (χ3n) is 4.04. The van der Waals surface area contributed by atoms with Gasteiger partial charge in [0.25, 0.3) is 0 Å². The number of benzene rings is 2. The summed E-state index contributed by atoms with van der Waals surface area (Å²) in [6.45, 7) is 2.43. The number of carbonyl (C=O) groups excluding carboxylic acids is 1. The van der Waals surface area contributed by atoms with E-state index in [2.05, 4.69) is 10.0 Å². The largest absolute Gasteiger partial charge is 0.492 e. The van der Waals surface area contributed by atoms with Crippen molar-refractivity contribution in [1.29, 1.82) is 0 Å². The maximum Gasteiger partial charge on any atom is 0.244 e. The van der Waals surface area contributed by atoms with Gasteiger partial charge in [0.05, 0.1) is 6.54 Å². The zero-order valence-corrected chi connectivity index (χ0v) is 18.0. The molecule has 1 unspecified atom stereocenters. The van der Waals surface area contributed by atoms with E-state index >= 15 is 0 Å². The highest BCUT2D eigenvalue weighted by atomic mass is 32.2. The highest BCUT2D eigenvalue weighted by Crippen LogP contribution is 2.15. The minimum Gasteiger partial charge on any atom is -0.492 e. The molecule has 2 N–H and O–H groups in total. The monoisotopic (exact) mass is 440 g/mol. The van der Waals surface area contributed by atoms with E-state index < -0.39 is 32.7 Å². The number of ether oxygens (including phenoxy) is 1. The van der Waals surface area contributed by atoms with Crippen molar-refractivity contribution in [3.63, 3.8) is 0 Å². The summed E-state index contributed by atoms with van der Waals surface area (Å²) in [5, 5.41) is 2.67. The van der Waals surface area contributed by atoms with Crippen molar-refractivity contribution in [2.75, 3.05) is 25.2 Å². The molecule has 0 aliphatic heterocycles. The Balaban J connectivity index is 1.94. The van der Waals surface area contributed by atoms with Crippen LogP contribution in [0.5, 0.6) is 5.75 Å². The summed E-state index contributed by atoms with van der Waals surface area (Å²) in [6, 6.07) is 11.6. The third-order valence-corrected chi connectivity index (χ3v) is 6.19. The zero-order valence-electron chi connectivity index (χ0n) is 16.4.